The van der Waals surface area contributed by atoms with Gasteiger partial charge in [-0.25, -0.2) is 0 Å². The van der Waals surface area contributed by atoms with Crippen molar-refractivity contribution in [3.8, 4) is 0 Å². The zero-order valence-electron chi connectivity index (χ0n) is 7.82. The van der Waals surface area contributed by atoms with Crippen LogP contribution < -0.4 is 4.90 Å². The van der Waals surface area contributed by atoms with Crippen LogP contribution in [0.25, 0.3) is 0 Å². The zero-order chi connectivity index (χ0) is 9.26. The standard InChI is InChI=1S/C9H14N4/c1-12-7-5-9(11-12)13-6-3-2-4-8(13)10/h5,7,10H,2-4,6H2,1H3. The van der Waals surface area contributed by atoms with Crippen LogP contribution in [0.15, 0.2) is 12.3 Å². The topological polar surface area (TPSA) is 44.9 Å². The lowest BCUT2D eigenvalue weighted by Gasteiger charge is -2.26. The molecule has 13 heavy (non-hydrogen) atoms. The molecule has 4 heteroatoms. The fourth-order valence-electron chi connectivity index (χ4n) is 1.63. The third kappa shape index (κ3) is 1.56. The second kappa shape index (κ2) is 3.20. The van der Waals surface area contributed by atoms with E-state index in [1.807, 2.05) is 24.2 Å². The Bertz CT molecular complexity index is 315. The summed E-state index contributed by atoms with van der Waals surface area (Å²) in [4.78, 5) is 1.99. The molecule has 0 bridgehead atoms. The van der Waals surface area contributed by atoms with Crippen LogP contribution in [0.4, 0.5) is 5.82 Å². The van der Waals surface area contributed by atoms with E-state index in [0.29, 0.717) is 5.84 Å². The molecule has 0 amide bonds. The van der Waals surface area contributed by atoms with E-state index in [-0.39, 0.29) is 0 Å². The highest BCUT2D eigenvalue weighted by molar-refractivity contribution is 5.95. The van der Waals surface area contributed by atoms with Gasteiger partial charge in [0.2, 0.25) is 0 Å². The molecule has 1 fully saturated rings. The first-order chi connectivity index (χ1) is 6.27. The van der Waals surface area contributed by atoms with Gasteiger partial charge in [0.1, 0.15) is 5.84 Å². The summed E-state index contributed by atoms with van der Waals surface area (Å²) in [6.45, 7) is 0.940. The van der Waals surface area contributed by atoms with Gasteiger partial charge in [0, 0.05) is 32.3 Å². The molecule has 2 rings (SSSR count). The predicted octanol–water partition coefficient (Wildman–Crippen LogP) is 1.39. The van der Waals surface area contributed by atoms with E-state index in [1.165, 1.54) is 6.42 Å². The monoisotopic (exact) mass is 178 g/mol. The number of rotatable bonds is 1. The molecule has 1 aliphatic heterocycles. The third-order valence-electron chi connectivity index (χ3n) is 2.35. The van der Waals surface area contributed by atoms with Crippen molar-refractivity contribution in [2.75, 3.05) is 11.4 Å². The molecular formula is C9H14N4. The quantitative estimate of drug-likeness (QED) is 0.706. The molecular weight excluding hydrogens is 164 g/mol. The molecule has 0 aliphatic carbocycles. The first kappa shape index (κ1) is 8.29. The van der Waals surface area contributed by atoms with E-state index >= 15 is 0 Å². The van der Waals surface area contributed by atoms with E-state index < -0.39 is 0 Å². The van der Waals surface area contributed by atoms with Crippen LogP contribution in [0, 0.1) is 5.41 Å². The molecule has 1 aliphatic rings. The minimum atomic E-state index is 0.699. The lowest BCUT2D eigenvalue weighted by molar-refractivity contribution is 0.691. The van der Waals surface area contributed by atoms with Gasteiger partial charge in [-0.15, -0.1) is 0 Å². The van der Waals surface area contributed by atoms with Crippen LogP contribution in [-0.2, 0) is 7.05 Å². The van der Waals surface area contributed by atoms with Crippen LogP contribution in [0.1, 0.15) is 19.3 Å². The maximum Gasteiger partial charge on any atom is 0.155 e. The smallest absolute Gasteiger partial charge is 0.155 e. The number of anilines is 1. The Balaban J connectivity index is 2.19. The average molecular weight is 178 g/mol. The summed E-state index contributed by atoms with van der Waals surface area (Å²) in [7, 11) is 1.90. The molecule has 70 valence electrons. The van der Waals surface area contributed by atoms with E-state index in [1.54, 1.807) is 4.68 Å². The van der Waals surface area contributed by atoms with E-state index in [2.05, 4.69) is 5.10 Å². The van der Waals surface area contributed by atoms with E-state index in [4.69, 9.17) is 5.41 Å². The first-order valence-electron chi connectivity index (χ1n) is 4.62. The molecule has 1 aromatic rings. The van der Waals surface area contributed by atoms with Gasteiger partial charge in [-0.1, -0.05) is 0 Å². The minimum Gasteiger partial charge on any atom is -0.314 e. The van der Waals surface area contributed by atoms with Gasteiger partial charge in [0.25, 0.3) is 0 Å². The Morgan fingerprint density at radius 1 is 1.46 bits per heavy atom. The van der Waals surface area contributed by atoms with Gasteiger partial charge in [-0.3, -0.25) is 10.1 Å². The molecule has 0 atom stereocenters. The van der Waals surface area contributed by atoms with Crippen molar-refractivity contribution < 1.29 is 0 Å². The number of amidine groups is 1. The summed E-state index contributed by atoms with van der Waals surface area (Å²) in [6, 6.07) is 1.96. The predicted molar refractivity (Wildman–Crippen MR) is 52.1 cm³/mol. The fourth-order valence-corrected chi connectivity index (χ4v) is 1.63. The lowest BCUT2D eigenvalue weighted by Crippen LogP contribution is -2.35. The first-order valence-corrected chi connectivity index (χ1v) is 4.62. The minimum absolute atomic E-state index is 0.699. The van der Waals surface area contributed by atoms with Crippen LogP contribution >= 0.6 is 0 Å². The second-order valence-electron chi connectivity index (χ2n) is 3.40. The molecule has 0 spiro atoms. The second-order valence-corrected chi connectivity index (χ2v) is 3.40. The van der Waals surface area contributed by atoms with Crippen LogP contribution in [0.2, 0.25) is 0 Å². The Morgan fingerprint density at radius 2 is 2.31 bits per heavy atom. The number of nitrogens with zero attached hydrogens (tertiary/aromatic N) is 3. The molecule has 0 saturated carbocycles. The highest BCUT2D eigenvalue weighted by Crippen LogP contribution is 2.18. The summed E-state index contributed by atoms with van der Waals surface area (Å²) >= 11 is 0. The summed E-state index contributed by atoms with van der Waals surface area (Å²) in [5.74, 6) is 1.61. The van der Waals surface area contributed by atoms with Crippen LogP contribution in [0.3, 0.4) is 0 Å². The van der Waals surface area contributed by atoms with Gasteiger partial charge in [0.05, 0.1) is 0 Å². The van der Waals surface area contributed by atoms with Crippen molar-refractivity contribution >= 4 is 11.7 Å². The van der Waals surface area contributed by atoms with Crippen LogP contribution in [-0.4, -0.2) is 22.2 Å². The van der Waals surface area contributed by atoms with Crippen molar-refractivity contribution in [3.63, 3.8) is 0 Å². The van der Waals surface area contributed by atoms with Crippen molar-refractivity contribution in [1.29, 1.82) is 5.41 Å². The van der Waals surface area contributed by atoms with Crippen molar-refractivity contribution in [2.24, 2.45) is 7.05 Å². The number of aryl methyl sites for hydroxylation is 1. The molecule has 0 unspecified atom stereocenters. The summed E-state index contributed by atoms with van der Waals surface area (Å²) in [6.07, 6.45) is 5.11. The van der Waals surface area contributed by atoms with Gasteiger partial charge in [0.15, 0.2) is 5.82 Å². The zero-order valence-corrected chi connectivity index (χ0v) is 7.82. The van der Waals surface area contributed by atoms with E-state index in [0.717, 1.165) is 25.2 Å². The molecule has 4 nitrogen and oxygen atoms in total. The van der Waals surface area contributed by atoms with Crippen LogP contribution in [0.5, 0.6) is 0 Å². The third-order valence-corrected chi connectivity index (χ3v) is 2.35. The maximum atomic E-state index is 7.77. The summed E-state index contributed by atoms with van der Waals surface area (Å²) in [5, 5.41) is 12.1. The number of piperidine rings is 1. The highest BCUT2D eigenvalue weighted by Gasteiger charge is 2.17. The Hall–Kier alpha value is -1.32. The Morgan fingerprint density at radius 3 is 2.92 bits per heavy atom. The lowest BCUT2D eigenvalue weighted by atomic mass is 10.1. The molecule has 1 aromatic heterocycles. The number of nitrogens with one attached hydrogen (secondary N) is 1. The summed E-state index contributed by atoms with van der Waals surface area (Å²) in [5.41, 5.74) is 0. The normalized spacial score (nSPS) is 17.9. The molecule has 0 aromatic carbocycles. The Labute approximate surface area is 77.7 Å². The van der Waals surface area contributed by atoms with Gasteiger partial charge >= 0.3 is 0 Å². The number of hydrogen-bond acceptors (Lipinski definition) is 2. The fraction of sp³-hybridized carbons (Fsp3) is 0.556. The largest absolute Gasteiger partial charge is 0.314 e. The SMILES string of the molecule is Cn1ccc(N2CCCCC2=N)n1. The summed E-state index contributed by atoms with van der Waals surface area (Å²) < 4.78 is 1.78. The molecule has 0 radical (unpaired) electrons. The molecule has 1 N–H and O–H groups in total. The number of aromatic nitrogens is 2. The van der Waals surface area contributed by atoms with Gasteiger partial charge in [-0.05, 0) is 12.8 Å². The molecule has 1 saturated heterocycles. The van der Waals surface area contributed by atoms with Gasteiger partial charge in [-0.2, -0.15) is 5.10 Å². The molecule has 2 heterocycles. The van der Waals surface area contributed by atoms with Crippen molar-refractivity contribution in [2.45, 2.75) is 19.3 Å². The van der Waals surface area contributed by atoms with Crippen molar-refractivity contribution in [3.05, 3.63) is 12.3 Å². The maximum absolute atomic E-state index is 7.77. The Kier molecular flexibility index (Phi) is 2.04. The average Bonchev–Trinajstić information content (AvgIpc) is 2.53. The number of hydrogen-bond donors (Lipinski definition) is 1. The van der Waals surface area contributed by atoms with Crippen molar-refractivity contribution in [1.82, 2.24) is 9.78 Å². The van der Waals surface area contributed by atoms with Gasteiger partial charge < -0.3 is 4.90 Å². The van der Waals surface area contributed by atoms with E-state index in [9.17, 15) is 0 Å². The highest BCUT2D eigenvalue weighted by atomic mass is 15.3.